The zero-order valence-electron chi connectivity index (χ0n) is 24.2. The number of aromatic nitrogens is 1. The number of methoxy groups -OCH3 is 1. The molecule has 4 aromatic rings. The Kier molecular flexibility index (Phi) is 9.20. The maximum Gasteiger partial charge on any atom is 0.337 e. The van der Waals surface area contributed by atoms with Crippen molar-refractivity contribution >= 4 is 29.1 Å². The number of nitrogens with zero attached hydrogens (tertiary/aromatic N) is 3. The van der Waals surface area contributed by atoms with E-state index in [1.54, 1.807) is 60.7 Å². The molecule has 0 fully saturated rings. The van der Waals surface area contributed by atoms with Crippen molar-refractivity contribution in [1.29, 1.82) is 0 Å². The second-order valence-corrected chi connectivity index (χ2v) is 10.5. The minimum Gasteiger partial charge on any atom is -0.490 e. The van der Waals surface area contributed by atoms with Gasteiger partial charge in [-0.3, -0.25) is 19.5 Å². The molecule has 1 aromatic heterocycles. The average molecular weight is 616 g/mol. The Hall–Kier alpha value is -5.23. The summed E-state index contributed by atoms with van der Waals surface area (Å²) in [6, 6.07) is 17.9. The number of hydrogen-bond donors (Lipinski definition) is 0. The van der Waals surface area contributed by atoms with E-state index in [-0.39, 0.29) is 23.4 Å². The van der Waals surface area contributed by atoms with E-state index < -0.39 is 16.9 Å². The van der Waals surface area contributed by atoms with Gasteiger partial charge in [0.15, 0.2) is 16.3 Å². The first kappa shape index (κ1) is 30.2. The maximum absolute atomic E-state index is 13.8. The molecule has 1 atom stereocenters. The molecule has 1 aliphatic heterocycles. The lowest BCUT2D eigenvalue weighted by atomic mass is 9.97. The topological polar surface area (TPSA) is 131 Å². The van der Waals surface area contributed by atoms with Gasteiger partial charge in [0.1, 0.15) is 12.4 Å². The lowest BCUT2D eigenvalue weighted by molar-refractivity contribution is -0.384. The summed E-state index contributed by atoms with van der Waals surface area (Å²) in [5.41, 5.74) is 1.96. The highest BCUT2D eigenvalue weighted by Crippen LogP contribution is 2.35. The lowest BCUT2D eigenvalue weighted by Crippen LogP contribution is -2.39. The zero-order chi connectivity index (χ0) is 31.2. The van der Waals surface area contributed by atoms with E-state index in [1.165, 1.54) is 41.3 Å². The molecular weight excluding hydrogens is 586 g/mol. The molecule has 0 amide bonds. The van der Waals surface area contributed by atoms with Crippen LogP contribution in [-0.4, -0.2) is 35.8 Å². The highest BCUT2D eigenvalue weighted by atomic mass is 32.1. The quantitative estimate of drug-likeness (QED) is 0.139. The predicted molar refractivity (Wildman–Crippen MR) is 164 cm³/mol. The third-order valence-electron chi connectivity index (χ3n) is 6.71. The summed E-state index contributed by atoms with van der Waals surface area (Å²) in [5, 5.41) is 11.0. The third kappa shape index (κ3) is 6.40. The molecule has 0 saturated heterocycles. The standard InChI is InChI=1S/C32H29N3O8S/c1-4-41-26-14-11-22(17-27(26)42-5-2)29-25(31(37)40-3)18-33-32-34(29)30(36)28(44-32)16-20-9-12-24(13-10-20)43-19-21-7-6-8-23(15-21)35(38)39/h6-18,29H,4-5,19H2,1-3H3/b28-16-/t29-/m1/s1. The average Bonchev–Trinajstić information content (AvgIpc) is 3.35. The van der Waals surface area contributed by atoms with Gasteiger partial charge in [0.25, 0.3) is 11.2 Å². The van der Waals surface area contributed by atoms with E-state index in [2.05, 4.69) is 4.99 Å². The summed E-state index contributed by atoms with van der Waals surface area (Å²) >= 11 is 1.21. The van der Waals surface area contributed by atoms with Gasteiger partial charge in [0, 0.05) is 18.3 Å². The van der Waals surface area contributed by atoms with Crippen molar-refractivity contribution in [1.82, 2.24) is 4.57 Å². The maximum atomic E-state index is 13.8. The van der Waals surface area contributed by atoms with Gasteiger partial charge in [0.2, 0.25) is 0 Å². The number of fused-ring (bicyclic) bond motifs is 1. The van der Waals surface area contributed by atoms with Crippen LogP contribution in [0.15, 0.2) is 88.3 Å². The molecule has 2 heterocycles. The molecule has 1 aliphatic rings. The van der Waals surface area contributed by atoms with Gasteiger partial charge in [-0.05, 0) is 60.9 Å². The van der Waals surface area contributed by atoms with Gasteiger partial charge in [-0.25, -0.2) is 9.79 Å². The highest BCUT2D eigenvalue weighted by Gasteiger charge is 2.31. The van der Waals surface area contributed by atoms with Crippen molar-refractivity contribution in [2.45, 2.75) is 26.5 Å². The molecular formula is C32H29N3O8S. The minimum atomic E-state index is -0.791. The van der Waals surface area contributed by atoms with E-state index in [0.717, 1.165) is 5.56 Å². The number of nitro benzene ring substituents is 1. The SMILES string of the molecule is CCOc1ccc([C@@H]2C(C(=O)OC)=CN=c3s/c(=C\c4ccc(OCc5cccc([N+](=O)[O-])c5)cc4)c(=O)n32)cc1OCC. The number of benzene rings is 3. The van der Waals surface area contributed by atoms with Gasteiger partial charge >= 0.3 is 5.97 Å². The Morgan fingerprint density at radius 3 is 2.48 bits per heavy atom. The Balaban J connectivity index is 1.46. The Morgan fingerprint density at radius 2 is 1.77 bits per heavy atom. The number of nitro groups is 1. The molecule has 0 unspecified atom stereocenters. The Labute approximate surface area is 256 Å². The van der Waals surface area contributed by atoms with Crippen LogP contribution in [0.4, 0.5) is 5.69 Å². The van der Waals surface area contributed by atoms with E-state index in [9.17, 15) is 19.7 Å². The summed E-state index contributed by atoms with van der Waals surface area (Å²) in [4.78, 5) is 42.0. The number of rotatable bonds is 11. The first-order chi connectivity index (χ1) is 21.3. The molecule has 0 saturated carbocycles. The van der Waals surface area contributed by atoms with Gasteiger partial charge < -0.3 is 18.9 Å². The van der Waals surface area contributed by atoms with Crippen LogP contribution in [-0.2, 0) is 16.1 Å². The molecule has 0 aliphatic carbocycles. The molecule has 226 valence electrons. The smallest absolute Gasteiger partial charge is 0.337 e. The summed E-state index contributed by atoms with van der Waals surface area (Å²) in [7, 11) is 1.28. The molecule has 44 heavy (non-hydrogen) atoms. The van der Waals surface area contributed by atoms with Crippen LogP contribution in [0.5, 0.6) is 17.2 Å². The number of esters is 1. The van der Waals surface area contributed by atoms with Gasteiger partial charge in [-0.2, -0.15) is 0 Å². The fourth-order valence-electron chi connectivity index (χ4n) is 4.73. The summed E-state index contributed by atoms with van der Waals surface area (Å²) in [5.74, 6) is 1.04. The van der Waals surface area contributed by atoms with Crippen LogP contribution in [0.2, 0.25) is 0 Å². The molecule has 12 heteroatoms. The first-order valence-corrected chi connectivity index (χ1v) is 14.6. The minimum absolute atomic E-state index is 0.00104. The number of thiazole rings is 1. The number of non-ortho nitro benzene ring substituents is 1. The Morgan fingerprint density at radius 1 is 1.02 bits per heavy atom. The summed E-state index contributed by atoms with van der Waals surface area (Å²) in [6.45, 7) is 4.76. The van der Waals surface area contributed by atoms with Crippen LogP contribution < -0.4 is 29.1 Å². The lowest BCUT2D eigenvalue weighted by Gasteiger charge is -2.23. The van der Waals surface area contributed by atoms with Crippen LogP contribution in [0.1, 0.15) is 36.6 Å². The monoisotopic (exact) mass is 615 g/mol. The van der Waals surface area contributed by atoms with Crippen molar-refractivity contribution < 1.29 is 28.7 Å². The number of carbonyl (C=O) groups is 1. The molecule has 0 bridgehead atoms. The highest BCUT2D eigenvalue weighted by molar-refractivity contribution is 7.07. The third-order valence-corrected chi connectivity index (χ3v) is 7.71. The fourth-order valence-corrected chi connectivity index (χ4v) is 5.69. The van der Waals surface area contributed by atoms with Crippen molar-refractivity contribution in [3.63, 3.8) is 0 Å². The molecule has 3 aromatic carbocycles. The molecule has 0 spiro atoms. The van der Waals surface area contributed by atoms with Gasteiger partial charge in [-0.15, -0.1) is 0 Å². The molecule has 11 nitrogen and oxygen atoms in total. The summed E-state index contributed by atoms with van der Waals surface area (Å²) in [6.07, 6.45) is 3.19. The van der Waals surface area contributed by atoms with Crippen molar-refractivity contribution in [3.8, 4) is 17.2 Å². The van der Waals surface area contributed by atoms with Crippen molar-refractivity contribution in [2.24, 2.45) is 4.99 Å². The van der Waals surface area contributed by atoms with E-state index in [1.807, 2.05) is 13.8 Å². The fraction of sp³-hybridized carbons (Fsp3) is 0.219. The van der Waals surface area contributed by atoms with E-state index in [4.69, 9.17) is 18.9 Å². The van der Waals surface area contributed by atoms with Crippen molar-refractivity contribution in [3.05, 3.63) is 125 Å². The van der Waals surface area contributed by atoms with Gasteiger partial charge in [-0.1, -0.05) is 41.7 Å². The summed E-state index contributed by atoms with van der Waals surface area (Å²) < 4.78 is 24.2. The van der Waals surface area contributed by atoms with Crippen molar-refractivity contribution in [2.75, 3.05) is 20.3 Å². The van der Waals surface area contributed by atoms with Crippen LogP contribution in [0, 0.1) is 10.1 Å². The number of carbonyl (C=O) groups excluding carboxylic acids is 1. The molecule has 5 rings (SSSR count). The van der Waals surface area contributed by atoms with E-state index >= 15 is 0 Å². The molecule has 0 N–H and O–H groups in total. The Bertz CT molecular complexity index is 1910. The van der Waals surface area contributed by atoms with Gasteiger partial charge in [0.05, 0.1) is 41.4 Å². The van der Waals surface area contributed by atoms with Crippen LogP contribution in [0.25, 0.3) is 6.08 Å². The zero-order valence-corrected chi connectivity index (χ0v) is 25.0. The second kappa shape index (κ2) is 13.4. The molecule has 0 radical (unpaired) electrons. The van der Waals surface area contributed by atoms with Crippen LogP contribution >= 0.6 is 11.3 Å². The predicted octanol–water partition coefficient (Wildman–Crippen LogP) is 4.30. The van der Waals surface area contributed by atoms with E-state index in [0.29, 0.717) is 50.9 Å². The normalized spacial score (nSPS) is 14.2. The largest absolute Gasteiger partial charge is 0.490 e. The van der Waals surface area contributed by atoms with Crippen LogP contribution in [0.3, 0.4) is 0 Å². The second-order valence-electron chi connectivity index (χ2n) is 9.53. The number of ether oxygens (including phenoxy) is 4. The number of hydrogen-bond acceptors (Lipinski definition) is 10. The first-order valence-electron chi connectivity index (χ1n) is 13.8.